The van der Waals surface area contributed by atoms with Gasteiger partial charge < -0.3 is 4.57 Å². The molecule has 5 nitrogen and oxygen atoms in total. The Morgan fingerprint density at radius 2 is 2.25 bits per heavy atom. The van der Waals surface area contributed by atoms with Crippen molar-refractivity contribution in [2.24, 2.45) is 0 Å². The summed E-state index contributed by atoms with van der Waals surface area (Å²) in [7, 11) is 0. The number of likely N-dealkylation sites (tertiary alicyclic amines) is 1. The first-order chi connectivity index (χ1) is 11.7. The van der Waals surface area contributed by atoms with Crippen molar-refractivity contribution >= 4 is 11.0 Å². The number of hydrogen-bond donors (Lipinski definition) is 1. The molecule has 2 aromatic heterocycles. The Morgan fingerprint density at radius 3 is 3.04 bits per heavy atom. The molecule has 1 fully saturated rings. The van der Waals surface area contributed by atoms with Crippen molar-refractivity contribution in [1.29, 1.82) is 0 Å². The third kappa shape index (κ3) is 2.82. The van der Waals surface area contributed by atoms with E-state index >= 15 is 0 Å². The zero-order valence-electron chi connectivity index (χ0n) is 13.9. The normalized spacial score (nSPS) is 19.2. The van der Waals surface area contributed by atoms with Gasteiger partial charge in [-0.3, -0.25) is 10.00 Å². The SMILES string of the molecule is CCn1c(CN2CCCC(c3ccn[nH]3)C2)nc2cc(F)ccc21. The van der Waals surface area contributed by atoms with E-state index < -0.39 is 0 Å². The number of hydrogen-bond acceptors (Lipinski definition) is 3. The number of halogens is 1. The predicted molar refractivity (Wildman–Crippen MR) is 91.2 cm³/mol. The number of aromatic amines is 1. The molecule has 0 saturated carbocycles. The van der Waals surface area contributed by atoms with Crippen LogP contribution in [0.25, 0.3) is 11.0 Å². The number of nitrogens with one attached hydrogen (secondary N) is 1. The van der Waals surface area contributed by atoms with Gasteiger partial charge in [0.05, 0.1) is 17.6 Å². The standard InChI is InChI=1S/C18H22FN5/c1-2-24-17-6-5-14(19)10-16(17)21-18(24)12-23-9-3-4-13(11-23)15-7-8-20-22-15/h5-8,10,13H,2-4,9,11-12H2,1H3,(H,20,22). The monoisotopic (exact) mass is 327 g/mol. The minimum Gasteiger partial charge on any atom is -0.327 e. The van der Waals surface area contributed by atoms with Gasteiger partial charge in [-0.05, 0) is 44.5 Å². The summed E-state index contributed by atoms with van der Waals surface area (Å²) >= 11 is 0. The maximum Gasteiger partial charge on any atom is 0.125 e. The van der Waals surface area contributed by atoms with Crippen LogP contribution in [0.4, 0.5) is 4.39 Å². The van der Waals surface area contributed by atoms with Crippen molar-refractivity contribution in [3.8, 4) is 0 Å². The highest BCUT2D eigenvalue weighted by Gasteiger charge is 2.23. The Morgan fingerprint density at radius 1 is 1.33 bits per heavy atom. The Kier molecular flexibility index (Phi) is 4.06. The van der Waals surface area contributed by atoms with Gasteiger partial charge in [0.25, 0.3) is 0 Å². The van der Waals surface area contributed by atoms with E-state index in [-0.39, 0.29) is 5.82 Å². The number of H-pyrrole nitrogens is 1. The average Bonchev–Trinajstić information content (AvgIpc) is 3.22. The van der Waals surface area contributed by atoms with Crippen molar-refractivity contribution < 1.29 is 4.39 Å². The first-order valence-corrected chi connectivity index (χ1v) is 8.61. The molecule has 0 radical (unpaired) electrons. The van der Waals surface area contributed by atoms with E-state index in [1.54, 1.807) is 0 Å². The fourth-order valence-electron chi connectivity index (χ4n) is 3.77. The maximum absolute atomic E-state index is 13.5. The molecule has 1 aliphatic heterocycles. The molecule has 0 bridgehead atoms. The highest BCUT2D eigenvalue weighted by molar-refractivity contribution is 5.76. The van der Waals surface area contributed by atoms with Crippen LogP contribution in [0, 0.1) is 5.82 Å². The molecule has 4 rings (SSSR count). The Labute approximate surface area is 140 Å². The van der Waals surface area contributed by atoms with Crippen LogP contribution in [-0.4, -0.2) is 37.7 Å². The summed E-state index contributed by atoms with van der Waals surface area (Å²) in [6, 6.07) is 6.93. The third-order valence-corrected chi connectivity index (χ3v) is 4.94. The van der Waals surface area contributed by atoms with Gasteiger partial charge in [0.1, 0.15) is 11.6 Å². The van der Waals surface area contributed by atoms with Crippen molar-refractivity contribution in [2.75, 3.05) is 13.1 Å². The van der Waals surface area contributed by atoms with Gasteiger partial charge in [-0.15, -0.1) is 0 Å². The number of nitrogens with zero attached hydrogens (tertiary/aromatic N) is 4. The summed E-state index contributed by atoms with van der Waals surface area (Å²) in [6.45, 7) is 5.83. The maximum atomic E-state index is 13.5. The van der Waals surface area contributed by atoms with Crippen LogP contribution in [0.3, 0.4) is 0 Å². The first kappa shape index (κ1) is 15.3. The molecule has 1 saturated heterocycles. The summed E-state index contributed by atoms with van der Waals surface area (Å²) in [6.07, 6.45) is 4.18. The van der Waals surface area contributed by atoms with Crippen LogP contribution in [-0.2, 0) is 13.1 Å². The number of benzene rings is 1. The van der Waals surface area contributed by atoms with Crippen molar-refractivity contribution in [1.82, 2.24) is 24.6 Å². The molecule has 1 N–H and O–H groups in total. The molecule has 0 spiro atoms. The number of aromatic nitrogens is 4. The second kappa shape index (κ2) is 6.36. The fourth-order valence-corrected chi connectivity index (χ4v) is 3.77. The zero-order chi connectivity index (χ0) is 16.5. The second-order valence-corrected chi connectivity index (χ2v) is 6.49. The molecule has 1 unspecified atom stereocenters. The molecule has 0 amide bonds. The van der Waals surface area contributed by atoms with Crippen LogP contribution in [0.5, 0.6) is 0 Å². The predicted octanol–water partition coefficient (Wildman–Crippen LogP) is 3.30. The summed E-state index contributed by atoms with van der Waals surface area (Å²) < 4.78 is 15.7. The number of aryl methyl sites for hydroxylation is 1. The smallest absolute Gasteiger partial charge is 0.125 e. The van der Waals surface area contributed by atoms with E-state index in [4.69, 9.17) is 0 Å². The Hall–Kier alpha value is -2.21. The number of fused-ring (bicyclic) bond motifs is 1. The molecule has 3 aromatic rings. The van der Waals surface area contributed by atoms with Gasteiger partial charge in [0.15, 0.2) is 0 Å². The fraction of sp³-hybridized carbons (Fsp3) is 0.444. The van der Waals surface area contributed by atoms with E-state index in [9.17, 15) is 4.39 Å². The molecule has 1 aliphatic rings. The van der Waals surface area contributed by atoms with Gasteiger partial charge in [0, 0.05) is 37.0 Å². The van der Waals surface area contributed by atoms with E-state index in [1.165, 1.54) is 30.7 Å². The Balaban J connectivity index is 1.57. The molecular formula is C18H22FN5. The second-order valence-electron chi connectivity index (χ2n) is 6.49. The Bertz CT molecular complexity index is 823. The first-order valence-electron chi connectivity index (χ1n) is 8.61. The number of imidazole rings is 1. The molecular weight excluding hydrogens is 305 g/mol. The van der Waals surface area contributed by atoms with Gasteiger partial charge in [-0.25, -0.2) is 9.37 Å². The van der Waals surface area contributed by atoms with Crippen LogP contribution >= 0.6 is 0 Å². The van der Waals surface area contributed by atoms with Crippen molar-refractivity contribution in [3.63, 3.8) is 0 Å². The quantitative estimate of drug-likeness (QED) is 0.800. The lowest BCUT2D eigenvalue weighted by Gasteiger charge is -2.31. The lowest BCUT2D eigenvalue weighted by Crippen LogP contribution is -2.34. The van der Waals surface area contributed by atoms with Crippen LogP contribution in [0.1, 0.15) is 37.2 Å². The minimum atomic E-state index is -0.230. The molecule has 126 valence electrons. The summed E-state index contributed by atoms with van der Waals surface area (Å²) in [5, 5.41) is 7.18. The summed E-state index contributed by atoms with van der Waals surface area (Å²) in [4.78, 5) is 7.13. The van der Waals surface area contributed by atoms with E-state index in [0.29, 0.717) is 5.92 Å². The van der Waals surface area contributed by atoms with E-state index in [2.05, 4.69) is 37.6 Å². The number of rotatable bonds is 4. The molecule has 1 aromatic carbocycles. The van der Waals surface area contributed by atoms with Gasteiger partial charge >= 0.3 is 0 Å². The van der Waals surface area contributed by atoms with E-state index in [0.717, 1.165) is 43.0 Å². The third-order valence-electron chi connectivity index (χ3n) is 4.94. The molecule has 24 heavy (non-hydrogen) atoms. The van der Waals surface area contributed by atoms with Gasteiger partial charge in [0.2, 0.25) is 0 Å². The van der Waals surface area contributed by atoms with Crippen LogP contribution in [0.15, 0.2) is 30.5 Å². The average molecular weight is 327 g/mol. The van der Waals surface area contributed by atoms with Crippen molar-refractivity contribution in [2.45, 2.75) is 38.8 Å². The highest BCUT2D eigenvalue weighted by Crippen LogP contribution is 2.27. The molecule has 0 aliphatic carbocycles. The molecule has 1 atom stereocenters. The lowest BCUT2D eigenvalue weighted by atomic mass is 9.95. The van der Waals surface area contributed by atoms with Gasteiger partial charge in [-0.2, -0.15) is 5.10 Å². The van der Waals surface area contributed by atoms with Crippen LogP contribution in [0.2, 0.25) is 0 Å². The van der Waals surface area contributed by atoms with Crippen LogP contribution < -0.4 is 0 Å². The highest BCUT2D eigenvalue weighted by atomic mass is 19.1. The molecule has 6 heteroatoms. The van der Waals surface area contributed by atoms with Gasteiger partial charge in [-0.1, -0.05) is 0 Å². The zero-order valence-corrected chi connectivity index (χ0v) is 13.9. The summed E-state index contributed by atoms with van der Waals surface area (Å²) in [5.41, 5.74) is 2.97. The number of piperidine rings is 1. The lowest BCUT2D eigenvalue weighted by molar-refractivity contribution is 0.192. The van der Waals surface area contributed by atoms with Crippen molar-refractivity contribution in [3.05, 3.63) is 47.8 Å². The molecule has 3 heterocycles. The topological polar surface area (TPSA) is 49.7 Å². The minimum absolute atomic E-state index is 0.230. The summed E-state index contributed by atoms with van der Waals surface area (Å²) in [5.74, 6) is 1.29. The largest absolute Gasteiger partial charge is 0.327 e. The van der Waals surface area contributed by atoms with E-state index in [1.807, 2.05) is 12.3 Å².